The molecule has 4 heteroatoms. The quantitative estimate of drug-likeness (QED) is 0.764. The molecule has 15 heavy (non-hydrogen) atoms. The molecule has 0 aromatic heterocycles. The number of carboxylic acid groups (broad SMARTS) is 1. The second-order valence-electron chi connectivity index (χ2n) is 5.80. The molecule has 0 radical (unpaired) electrons. The van der Waals surface area contributed by atoms with Crippen LogP contribution in [0.1, 0.15) is 34.1 Å². The van der Waals surface area contributed by atoms with Gasteiger partial charge in [0.2, 0.25) is 0 Å². The Labute approximate surface area is 95.3 Å². The van der Waals surface area contributed by atoms with Crippen molar-refractivity contribution in [3.63, 3.8) is 0 Å². The van der Waals surface area contributed by atoms with Crippen molar-refractivity contribution < 1.29 is 15.0 Å². The first-order valence-corrected chi connectivity index (χ1v) is 6.30. The molecule has 0 bridgehead atoms. The number of carbonyl (C=O) groups is 1. The monoisotopic (exact) mass is 232 g/mol. The summed E-state index contributed by atoms with van der Waals surface area (Å²) in [4.78, 5) is 11.2. The lowest BCUT2D eigenvalue weighted by Crippen LogP contribution is -2.56. The summed E-state index contributed by atoms with van der Waals surface area (Å²) in [6.45, 7) is 7.36. The highest BCUT2D eigenvalue weighted by atomic mass is 32.2. The van der Waals surface area contributed by atoms with E-state index in [1.54, 1.807) is 25.6 Å². The zero-order valence-electron chi connectivity index (χ0n) is 9.83. The van der Waals surface area contributed by atoms with E-state index >= 15 is 0 Å². The van der Waals surface area contributed by atoms with Crippen molar-refractivity contribution in [2.75, 3.05) is 11.5 Å². The molecule has 1 atom stereocenters. The van der Waals surface area contributed by atoms with Crippen molar-refractivity contribution in [1.29, 1.82) is 0 Å². The number of aliphatic carboxylic acids is 1. The zero-order chi connectivity index (χ0) is 11.9. The molecule has 1 aliphatic rings. The number of carboxylic acids is 1. The number of hydrogen-bond acceptors (Lipinski definition) is 3. The Bertz CT molecular complexity index is 273. The molecular weight excluding hydrogens is 212 g/mol. The maximum Gasteiger partial charge on any atom is 0.312 e. The van der Waals surface area contributed by atoms with Gasteiger partial charge in [-0.1, -0.05) is 13.8 Å². The van der Waals surface area contributed by atoms with Crippen LogP contribution >= 0.6 is 11.8 Å². The third-order valence-corrected chi connectivity index (χ3v) is 4.97. The fraction of sp³-hybridized carbons (Fsp3) is 0.909. The molecule has 1 rings (SSSR count). The predicted octanol–water partition coefficient (Wildman–Crippen LogP) is 1.99. The minimum atomic E-state index is -1.11. The molecule has 1 unspecified atom stereocenters. The molecule has 3 nitrogen and oxygen atoms in total. The van der Waals surface area contributed by atoms with Crippen molar-refractivity contribution in [1.82, 2.24) is 0 Å². The summed E-state index contributed by atoms with van der Waals surface area (Å²) in [5.41, 5.74) is -2.19. The smallest absolute Gasteiger partial charge is 0.312 e. The average molecular weight is 232 g/mol. The van der Waals surface area contributed by atoms with Crippen LogP contribution in [0.5, 0.6) is 0 Å². The molecule has 0 aliphatic carbocycles. The van der Waals surface area contributed by atoms with Crippen molar-refractivity contribution in [2.24, 2.45) is 10.8 Å². The lowest BCUT2D eigenvalue weighted by atomic mass is 9.68. The molecule has 0 aromatic carbocycles. The van der Waals surface area contributed by atoms with Gasteiger partial charge < -0.3 is 10.2 Å². The van der Waals surface area contributed by atoms with Crippen LogP contribution in [0.2, 0.25) is 0 Å². The maximum absolute atomic E-state index is 11.2. The fourth-order valence-electron chi connectivity index (χ4n) is 1.99. The normalized spacial score (nSPS) is 31.3. The Morgan fingerprint density at radius 1 is 1.33 bits per heavy atom. The lowest BCUT2D eigenvalue weighted by molar-refractivity contribution is -0.165. The minimum Gasteiger partial charge on any atom is -0.481 e. The molecule has 1 heterocycles. The van der Waals surface area contributed by atoms with Crippen LogP contribution in [0.3, 0.4) is 0 Å². The molecule has 1 saturated heterocycles. The molecule has 0 amide bonds. The minimum absolute atomic E-state index is 0.00435. The molecule has 1 aliphatic heterocycles. The van der Waals surface area contributed by atoms with Crippen molar-refractivity contribution in [2.45, 2.75) is 39.7 Å². The number of hydrogen-bond donors (Lipinski definition) is 2. The van der Waals surface area contributed by atoms with Crippen LogP contribution in [0, 0.1) is 10.8 Å². The van der Waals surface area contributed by atoms with Crippen LogP contribution in [0.15, 0.2) is 0 Å². The highest BCUT2D eigenvalue weighted by molar-refractivity contribution is 7.99. The third-order valence-electron chi connectivity index (χ3n) is 3.30. The summed E-state index contributed by atoms with van der Waals surface area (Å²) < 4.78 is 0. The lowest BCUT2D eigenvalue weighted by Gasteiger charge is -2.47. The van der Waals surface area contributed by atoms with Gasteiger partial charge in [-0.2, -0.15) is 11.8 Å². The molecular formula is C11H20O3S. The first-order chi connectivity index (χ1) is 6.61. The van der Waals surface area contributed by atoms with E-state index in [0.717, 1.165) is 5.75 Å². The van der Waals surface area contributed by atoms with E-state index in [1.807, 2.05) is 0 Å². The number of aliphatic hydroxyl groups is 1. The van der Waals surface area contributed by atoms with Gasteiger partial charge in [0.05, 0.1) is 11.0 Å². The second kappa shape index (κ2) is 3.67. The summed E-state index contributed by atoms with van der Waals surface area (Å²) in [7, 11) is 0. The van der Waals surface area contributed by atoms with Gasteiger partial charge in [0, 0.05) is 5.75 Å². The van der Waals surface area contributed by atoms with Gasteiger partial charge in [0.1, 0.15) is 0 Å². The fourth-order valence-corrected chi connectivity index (χ4v) is 3.55. The third kappa shape index (κ3) is 2.31. The zero-order valence-corrected chi connectivity index (χ0v) is 10.6. The first-order valence-electron chi connectivity index (χ1n) is 5.14. The Hall–Kier alpha value is -0.220. The molecule has 0 aromatic rings. The Morgan fingerprint density at radius 3 is 2.27 bits per heavy atom. The van der Waals surface area contributed by atoms with E-state index in [0.29, 0.717) is 12.2 Å². The van der Waals surface area contributed by atoms with Crippen LogP contribution in [0.4, 0.5) is 0 Å². The number of thioether (sulfide) groups is 1. The average Bonchev–Trinajstić information content (AvgIpc) is 2.00. The van der Waals surface area contributed by atoms with Crippen molar-refractivity contribution in [3.05, 3.63) is 0 Å². The highest BCUT2D eigenvalue weighted by Crippen LogP contribution is 2.47. The van der Waals surface area contributed by atoms with Crippen molar-refractivity contribution >= 4 is 17.7 Å². The van der Waals surface area contributed by atoms with E-state index in [-0.39, 0.29) is 5.41 Å². The van der Waals surface area contributed by atoms with E-state index in [2.05, 4.69) is 13.8 Å². The Kier molecular flexibility index (Phi) is 3.14. The molecule has 88 valence electrons. The highest BCUT2D eigenvalue weighted by Gasteiger charge is 2.53. The molecule has 1 fully saturated rings. The summed E-state index contributed by atoms with van der Waals surface area (Å²) in [6, 6.07) is 0. The number of rotatable bonds is 2. The second-order valence-corrected chi connectivity index (χ2v) is 6.78. The predicted molar refractivity (Wildman–Crippen MR) is 62.1 cm³/mol. The summed E-state index contributed by atoms with van der Waals surface area (Å²) in [5.74, 6) is 0.559. The standard InChI is InChI=1S/C11H20O3S/c1-9(2)5-11(14,7-15-6-9)10(3,4)8(12)13/h14H,5-7H2,1-4H3,(H,12,13). The van der Waals surface area contributed by atoms with Crippen LogP contribution in [0.25, 0.3) is 0 Å². The Morgan fingerprint density at radius 2 is 1.87 bits per heavy atom. The summed E-state index contributed by atoms with van der Waals surface area (Å²) >= 11 is 1.64. The van der Waals surface area contributed by atoms with Gasteiger partial charge in [-0.3, -0.25) is 4.79 Å². The molecule has 2 N–H and O–H groups in total. The van der Waals surface area contributed by atoms with Crippen molar-refractivity contribution in [3.8, 4) is 0 Å². The van der Waals surface area contributed by atoms with Crippen LogP contribution in [-0.4, -0.2) is 33.3 Å². The summed E-state index contributed by atoms with van der Waals surface area (Å²) in [6.07, 6.45) is 0.548. The van der Waals surface area contributed by atoms with E-state index < -0.39 is 17.0 Å². The van der Waals surface area contributed by atoms with Gasteiger partial charge in [0.25, 0.3) is 0 Å². The van der Waals surface area contributed by atoms with Crippen LogP contribution in [-0.2, 0) is 4.79 Å². The molecule has 0 spiro atoms. The molecule has 0 saturated carbocycles. The largest absolute Gasteiger partial charge is 0.481 e. The Balaban J connectivity index is 2.96. The van der Waals surface area contributed by atoms with Gasteiger partial charge in [-0.25, -0.2) is 0 Å². The van der Waals surface area contributed by atoms with E-state index in [1.165, 1.54) is 0 Å². The van der Waals surface area contributed by atoms with Gasteiger partial charge in [-0.15, -0.1) is 0 Å². The maximum atomic E-state index is 11.2. The first kappa shape index (κ1) is 12.8. The van der Waals surface area contributed by atoms with Gasteiger partial charge >= 0.3 is 5.97 Å². The van der Waals surface area contributed by atoms with Crippen LogP contribution < -0.4 is 0 Å². The topological polar surface area (TPSA) is 57.5 Å². The van der Waals surface area contributed by atoms with E-state index in [4.69, 9.17) is 5.11 Å². The van der Waals surface area contributed by atoms with Gasteiger partial charge in [0.15, 0.2) is 0 Å². The summed E-state index contributed by atoms with van der Waals surface area (Å²) in [5, 5.41) is 19.7. The van der Waals surface area contributed by atoms with E-state index in [9.17, 15) is 9.90 Å². The SMILES string of the molecule is CC1(C)CSCC(O)(C(C)(C)C(=O)O)C1. The van der Waals surface area contributed by atoms with Gasteiger partial charge in [-0.05, 0) is 31.4 Å².